The van der Waals surface area contributed by atoms with Gasteiger partial charge in [-0.3, -0.25) is 24.0 Å². The minimum absolute atomic E-state index is 0.107. The summed E-state index contributed by atoms with van der Waals surface area (Å²) in [6.07, 6.45) is 1.16. The SMILES string of the molecule is C=C=Cc1ccc2c(c1O)C(=O)C1C(=O)[C@@]3(O)C(=O)C(C(C)=O)C(=O)C(C(C)C)[C@@]3(C)[C@H](CC(C)=O)[C@@]1(C)[C@@H]2C. The molecule has 1 aromatic carbocycles. The van der Waals surface area contributed by atoms with Crippen molar-refractivity contribution in [3.8, 4) is 5.75 Å². The second-order valence-corrected chi connectivity index (χ2v) is 12.5. The van der Waals surface area contributed by atoms with E-state index in [1.165, 1.54) is 19.9 Å². The molecular weight excluding hydrogens is 512 g/mol. The van der Waals surface area contributed by atoms with Gasteiger partial charge in [0.25, 0.3) is 0 Å². The normalized spacial score (nSPS) is 36.9. The Bertz CT molecular complexity index is 1440. The fraction of sp³-hybridized carbons (Fsp3) is 0.531. The topological polar surface area (TPSA) is 143 Å². The minimum atomic E-state index is -2.89. The number of Topliss-reactive ketones (excluding diaryl/α,β-unsaturated/α-hetero) is 6. The van der Waals surface area contributed by atoms with E-state index in [1.807, 2.05) is 0 Å². The molecule has 0 amide bonds. The first-order chi connectivity index (χ1) is 18.4. The van der Waals surface area contributed by atoms with Crippen molar-refractivity contribution in [2.24, 2.45) is 40.4 Å². The second-order valence-electron chi connectivity index (χ2n) is 12.5. The van der Waals surface area contributed by atoms with Gasteiger partial charge in [0, 0.05) is 23.3 Å². The molecule has 40 heavy (non-hydrogen) atoms. The van der Waals surface area contributed by atoms with E-state index in [1.54, 1.807) is 39.8 Å². The van der Waals surface area contributed by atoms with E-state index in [-0.39, 0.29) is 29.1 Å². The fourth-order valence-corrected chi connectivity index (χ4v) is 8.53. The number of ketones is 6. The van der Waals surface area contributed by atoms with Crippen LogP contribution in [0, 0.1) is 40.4 Å². The summed E-state index contributed by atoms with van der Waals surface area (Å²) >= 11 is 0. The molecule has 0 radical (unpaired) electrons. The number of hydrogen-bond donors (Lipinski definition) is 2. The second kappa shape index (κ2) is 9.28. The highest BCUT2D eigenvalue weighted by Gasteiger charge is 2.80. The van der Waals surface area contributed by atoms with Crippen LogP contribution in [0.15, 0.2) is 24.4 Å². The Morgan fingerprint density at radius 2 is 1.70 bits per heavy atom. The molecular formula is C32H36O8. The van der Waals surface area contributed by atoms with Crippen LogP contribution in [0.4, 0.5) is 0 Å². The summed E-state index contributed by atoms with van der Waals surface area (Å²) in [5, 5.41) is 23.5. The summed E-state index contributed by atoms with van der Waals surface area (Å²) in [4.78, 5) is 82.1. The Morgan fingerprint density at radius 3 is 2.20 bits per heavy atom. The monoisotopic (exact) mass is 548 g/mol. The van der Waals surface area contributed by atoms with Crippen molar-refractivity contribution in [1.82, 2.24) is 0 Å². The van der Waals surface area contributed by atoms with E-state index in [0.29, 0.717) is 5.56 Å². The molecule has 0 bridgehead atoms. The third kappa shape index (κ3) is 3.36. The number of aliphatic hydroxyl groups is 1. The summed E-state index contributed by atoms with van der Waals surface area (Å²) in [6, 6.07) is 3.27. The standard InChI is InChI=1S/C32H36O8/c1-9-10-18-11-12-19-16(5)30(7)20(13-15(4)33)31(8)23(14(2)3)26(36)21(17(6)34)28(38)32(31,40)29(39)24(30)27(37)22(19)25(18)35/h10-12,14,16,20-21,23-24,35,40H,1,13H2,2-8H3/t16-,20-,21?,23?,24?,30-,31-,32+/m1/s1. The molecule has 3 aliphatic rings. The number of aromatic hydroxyl groups is 1. The van der Waals surface area contributed by atoms with Crippen LogP contribution in [0.3, 0.4) is 0 Å². The summed E-state index contributed by atoms with van der Waals surface area (Å²) in [7, 11) is 0. The lowest BCUT2D eigenvalue weighted by atomic mass is 9.34. The number of carbonyl (C=O) groups excluding carboxylic acids is 6. The Balaban J connectivity index is 2.15. The smallest absolute Gasteiger partial charge is 0.190 e. The van der Waals surface area contributed by atoms with E-state index in [9.17, 15) is 39.0 Å². The average molecular weight is 549 g/mol. The molecule has 2 N–H and O–H groups in total. The van der Waals surface area contributed by atoms with Crippen LogP contribution in [0.5, 0.6) is 5.75 Å². The molecule has 2 saturated carbocycles. The van der Waals surface area contributed by atoms with Gasteiger partial charge in [-0.05, 0) is 48.7 Å². The molecule has 0 aromatic heterocycles. The maximum atomic E-state index is 14.6. The van der Waals surface area contributed by atoms with Gasteiger partial charge in [0.15, 0.2) is 28.7 Å². The number of benzene rings is 1. The summed E-state index contributed by atoms with van der Waals surface area (Å²) in [5.41, 5.74) is -2.87. The van der Waals surface area contributed by atoms with Crippen LogP contribution in [-0.2, 0) is 24.0 Å². The molecule has 2 fully saturated rings. The number of hydrogen-bond acceptors (Lipinski definition) is 8. The maximum Gasteiger partial charge on any atom is 0.190 e. The van der Waals surface area contributed by atoms with Crippen molar-refractivity contribution >= 4 is 40.8 Å². The molecule has 4 rings (SSSR count). The van der Waals surface area contributed by atoms with Crippen molar-refractivity contribution < 1.29 is 39.0 Å². The number of fused-ring (bicyclic) bond motifs is 3. The van der Waals surface area contributed by atoms with Crippen LogP contribution in [0.1, 0.15) is 82.3 Å². The third-order valence-corrected chi connectivity index (χ3v) is 10.3. The Kier molecular flexibility index (Phi) is 6.85. The molecule has 0 aliphatic heterocycles. The molecule has 3 unspecified atom stereocenters. The van der Waals surface area contributed by atoms with Crippen LogP contribution in [0.2, 0.25) is 0 Å². The van der Waals surface area contributed by atoms with Gasteiger partial charge in [-0.1, -0.05) is 53.3 Å². The van der Waals surface area contributed by atoms with Gasteiger partial charge in [-0.2, -0.15) is 0 Å². The highest BCUT2D eigenvalue weighted by atomic mass is 16.3. The van der Waals surface area contributed by atoms with Gasteiger partial charge >= 0.3 is 0 Å². The van der Waals surface area contributed by atoms with E-state index in [4.69, 9.17) is 0 Å². The number of phenols is 1. The minimum Gasteiger partial charge on any atom is -0.507 e. The zero-order valence-electron chi connectivity index (χ0n) is 24.0. The van der Waals surface area contributed by atoms with E-state index in [0.717, 1.165) is 6.92 Å². The predicted octanol–water partition coefficient (Wildman–Crippen LogP) is 3.66. The molecule has 1 aromatic rings. The molecule has 0 saturated heterocycles. The maximum absolute atomic E-state index is 14.6. The van der Waals surface area contributed by atoms with E-state index >= 15 is 0 Å². The van der Waals surface area contributed by atoms with Gasteiger partial charge in [-0.25, -0.2) is 0 Å². The first kappa shape index (κ1) is 29.5. The van der Waals surface area contributed by atoms with Gasteiger partial charge in [0.05, 0.1) is 11.5 Å². The van der Waals surface area contributed by atoms with Crippen molar-refractivity contribution in [2.75, 3.05) is 0 Å². The van der Waals surface area contributed by atoms with Crippen molar-refractivity contribution in [3.63, 3.8) is 0 Å². The zero-order chi connectivity index (χ0) is 30.3. The quantitative estimate of drug-likeness (QED) is 0.419. The fourth-order valence-electron chi connectivity index (χ4n) is 8.53. The van der Waals surface area contributed by atoms with Gasteiger partial charge in [0.1, 0.15) is 23.2 Å². The Hall–Kier alpha value is -3.48. The van der Waals surface area contributed by atoms with Gasteiger partial charge < -0.3 is 15.0 Å². The zero-order valence-corrected chi connectivity index (χ0v) is 24.0. The molecule has 0 heterocycles. The highest BCUT2D eigenvalue weighted by Crippen LogP contribution is 2.70. The first-order valence-corrected chi connectivity index (χ1v) is 13.6. The van der Waals surface area contributed by atoms with Crippen molar-refractivity contribution in [1.29, 1.82) is 0 Å². The summed E-state index contributed by atoms with van der Waals surface area (Å²) in [5.74, 6) is -12.0. The van der Waals surface area contributed by atoms with E-state index < -0.39 is 80.9 Å². The molecule has 3 aliphatic carbocycles. The van der Waals surface area contributed by atoms with Crippen molar-refractivity contribution in [2.45, 2.75) is 66.4 Å². The largest absolute Gasteiger partial charge is 0.507 e. The van der Waals surface area contributed by atoms with Crippen LogP contribution in [0.25, 0.3) is 6.08 Å². The molecule has 8 atom stereocenters. The number of carbonyl (C=O) groups is 6. The Morgan fingerprint density at radius 1 is 1.10 bits per heavy atom. The lowest BCUT2D eigenvalue weighted by Crippen LogP contribution is -2.80. The molecule has 212 valence electrons. The number of phenolic OH excluding ortho intramolecular Hbond substituents is 1. The molecule has 0 spiro atoms. The lowest BCUT2D eigenvalue weighted by Gasteiger charge is -2.67. The van der Waals surface area contributed by atoms with Gasteiger partial charge in [0.2, 0.25) is 0 Å². The molecule has 8 nitrogen and oxygen atoms in total. The van der Waals surface area contributed by atoms with E-state index in [2.05, 4.69) is 12.3 Å². The lowest BCUT2D eigenvalue weighted by molar-refractivity contribution is -0.225. The average Bonchev–Trinajstić information content (AvgIpc) is 2.84. The highest BCUT2D eigenvalue weighted by molar-refractivity contribution is 6.33. The number of rotatable bonds is 5. The first-order valence-electron chi connectivity index (χ1n) is 13.6. The Labute approximate surface area is 233 Å². The van der Waals surface area contributed by atoms with Crippen LogP contribution >= 0.6 is 0 Å². The van der Waals surface area contributed by atoms with Crippen LogP contribution in [-0.4, -0.2) is 50.5 Å². The van der Waals surface area contributed by atoms with Gasteiger partial charge in [-0.15, -0.1) is 5.73 Å². The summed E-state index contributed by atoms with van der Waals surface area (Å²) < 4.78 is 0. The predicted molar refractivity (Wildman–Crippen MR) is 145 cm³/mol. The molecule has 8 heteroatoms. The van der Waals surface area contributed by atoms with Crippen molar-refractivity contribution in [3.05, 3.63) is 41.1 Å². The third-order valence-electron chi connectivity index (χ3n) is 10.3. The van der Waals surface area contributed by atoms with Crippen LogP contribution < -0.4 is 0 Å². The summed E-state index contributed by atoms with van der Waals surface area (Å²) in [6.45, 7) is 14.3.